The molecule has 0 radical (unpaired) electrons. The number of nitrogens with two attached hydrogens (primary N) is 1. The summed E-state index contributed by atoms with van der Waals surface area (Å²) in [5.74, 6) is 1.62. The van der Waals surface area contributed by atoms with E-state index in [1.165, 1.54) is 30.6 Å². The molecule has 1 saturated carbocycles. The van der Waals surface area contributed by atoms with Crippen LogP contribution in [0.1, 0.15) is 35.4 Å². The van der Waals surface area contributed by atoms with Gasteiger partial charge in [0.1, 0.15) is 10.6 Å². The summed E-state index contributed by atoms with van der Waals surface area (Å²) < 4.78 is 6.19. The molecule has 3 rings (SSSR count). The first-order valence-electron chi connectivity index (χ1n) is 7.33. The van der Waals surface area contributed by atoms with E-state index in [0.717, 1.165) is 34.7 Å². The minimum Gasteiger partial charge on any atom is -0.497 e. The van der Waals surface area contributed by atoms with E-state index in [4.69, 9.17) is 10.5 Å². The molecule has 0 unspecified atom stereocenters. The molecule has 0 atom stereocenters. The maximum Gasteiger partial charge on any atom is 0.263 e. The Kier molecular flexibility index (Phi) is 4.01. The van der Waals surface area contributed by atoms with Gasteiger partial charge in [0, 0.05) is 16.6 Å². The summed E-state index contributed by atoms with van der Waals surface area (Å²) in [7, 11) is 1.63. The third-order valence-electron chi connectivity index (χ3n) is 3.91. The molecule has 0 aliphatic heterocycles. The number of nitrogen functional groups attached to an aromatic ring is 1. The van der Waals surface area contributed by atoms with Gasteiger partial charge in [-0.15, -0.1) is 11.3 Å². The molecule has 3 N–H and O–H groups in total. The van der Waals surface area contributed by atoms with Gasteiger partial charge in [0.2, 0.25) is 0 Å². The zero-order valence-corrected chi connectivity index (χ0v) is 13.0. The smallest absolute Gasteiger partial charge is 0.263 e. The van der Waals surface area contributed by atoms with E-state index in [1.807, 2.05) is 18.2 Å². The number of thiophene rings is 1. The minimum atomic E-state index is -0.0662. The van der Waals surface area contributed by atoms with Crippen molar-refractivity contribution < 1.29 is 9.53 Å². The SMILES string of the molecule is COc1ccc2c(N)c(C(=O)NCCCC3CC3)sc2c1. The van der Waals surface area contributed by atoms with Crippen molar-refractivity contribution in [3.8, 4) is 5.75 Å². The van der Waals surface area contributed by atoms with Crippen molar-refractivity contribution in [3.63, 3.8) is 0 Å². The molecule has 1 aliphatic carbocycles. The monoisotopic (exact) mass is 304 g/mol. The molecule has 1 aliphatic rings. The molecule has 1 fully saturated rings. The molecule has 112 valence electrons. The lowest BCUT2D eigenvalue weighted by Gasteiger charge is -2.03. The van der Waals surface area contributed by atoms with Gasteiger partial charge in [0.05, 0.1) is 12.8 Å². The number of anilines is 1. The topological polar surface area (TPSA) is 64.3 Å². The number of rotatable bonds is 6. The summed E-state index contributed by atoms with van der Waals surface area (Å²) in [6, 6.07) is 5.69. The molecule has 2 aromatic rings. The molecule has 1 aromatic heterocycles. The lowest BCUT2D eigenvalue weighted by atomic mass is 10.2. The van der Waals surface area contributed by atoms with Crippen LogP contribution >= 0.6 is 11.3 Å². The second-order valence-corrected chi connectivity index (χ2v) is 6.60. The molecule has 0 spiro atoms. The Morgan fingerprint density at radius 1 is 1.48 bits per heavy atom. The fraction of sp³-hybridized carbons (Fsp3) is 0.438. The van der Waals surface area contributed by atoms with Crippen LogP contribution in [0.25, 0.3) is 10.1 Å². The Balaban J connectivity index is 1.69. The highest BCUT2D eigenvalue weighted by molar-refractivity contribution is 7.21. The largest absolute Gasteiger partial charge is 0.497 e. The Morgan fingerprint density at radius 2 is 2.29 bits per heavy atom. The predicted octanol–water partition coefficient (Wildman–Crippen LogP) is 3.41. The summed E-state index contributed by atoms with van der Waals surface area (Å²) in [6.07, 6.45) is 4.99. The van der Waals surface area contributed by atoms with E-state index in [1.54, 1.807) is 7.11 Å². The average molecular weight is 304 g/mol. The standard InChI is InChI=1S/C16H20N2O2S/c1-20-11-6-7-12-13(9-11)21-15(14(12)17)16(19)18-8-2-3-10-4-5-10/h6-7,9-10H,2-5,8,17H2,1H3,(H,18,19). The number of methoxy groups -OCH3 is 1. The predicted molar refractivity (Wildman–Crippen MR) is 87.1 cm³/mol. The zero-order valence-electron chi connectivity index (χ0n) is 12.1. The van der Waals surface area contributed by atoms with E-state index in [-0.39, 0.29) is 5.91 Å². The lowest BCUT2D eigenvalue weighted by molar-refractivity contribution is 0.0957. The van der Waals surface area contributed by atoms with Crippen molar-refractivity contribution in [1.29, 1.82) is 0 Å². The van der Waals surface area contributed by atoms with Crippen molar-refractivity contribution in [2.75, 3.05) is 19.4 Å². The van der Waals surface area contributed by atoms with Crippen LogP contribution in [0.5, 0.6) is 5.75 Å². The number of benzene rings is 1. The van der Waals surface area contributed by atoms with Crippen molar-refractivity contribution >= 4 is 33.0 Å². The summed E-state index contributed by atoms with van der Waals surface area (Å²) in [4.78, 5) is 12.8. The van der Waals surface area contributed by atoms with Crippen LogP contribution < -0.4 is 15.8 Å². The first kappa shape index (κ1) is 14.2. The normalized spacial score (nSPS) is 14.3. The van der Waals surface area contributed by atoms with Crippen LogP contribution in [-0.4, -0.2) is 19.6 Å². The molecule has 4 nitrogen and oxygen atoms in total. The van der Waals surface area contributed by atoms with E-state index >= 15 is 0 Å². The van der Waals surface area contributed by atoms with Crippen LogP contribution in [0.4, 0.5) is 5.69 Å². The Morgan fingerprint density at radius 3 is 3.00 bits per heavy atom. The second-order valence-electron chi connectivity index (χ2n) is 5.55. The number of fused-ring (bicyclic) bond motifs is 1. The molecule has 1 aromatic carbocycles. The molecule has 21 heavy (non-hydrogen) atoms. The first-order chi connectivity index (χ1) is 10.2. The third kappa shape index (κ3) is 3.13. The number of ether oxygens (including phenoxy) is 1. The molecular formula is C16H20N2O2S. The van der Waals surface area contributed by atoms with Gasteiger partial charge in [0.25, 0.3) is 5.91 Å². The number of hydrogen-bond acceptors (Lipinski definition) is 4. The molecule has 0 saturated heterocycles. The number of carbonyl (C=O) groups is 1. The highest BCUT2D eigenvalue weighted by atomic mass is 32.1. The third-order valence-corrected chi connectivity index (χ3v) is 5.08. The maximum absolute atomic E-state index is 12.2. The Hall–Kier alpha value is -1.75. The van der Waals surface area contributed by atoms with E-state index in [0.29, 0.717) is 10.6 Å². The fourth-order valence-electron chi connectivity index (χ4n) is 2.47. The second kappa shape index (κ2) is 5.93. The molecule has 1 amide bonds. The summed E-state index contributed by atoms with van der Waals surface area (Å²) >= 11 is 1.42. The van der Waals surface area contributed by atoms with E-state index in [2.05, 4.69) is 5.32 Å². The Labute approximate surface area is 128 Å². The van der Waals surface area contributed by atoms with Crippen LogP contribution in [0.3, 0.4) is 0 Å². The average Bonchev–Trinajstić information content (AvgIpc) is 3.26. The van der Waals surface area contributed by atoms with Crippen molar-refractivity contribution in [3.05, 3.63) is 23.1 Å². The molecular weight excluding hydrogens is 284 g/mol. The highest BCUT2D eigenvalue weighted by Gasteiger charge is 2.21. The van der Waals surface area contributed by atoms with Gasteiger partial charge in [-0.05, 0) is 37.0 Å². The van der Waals surface area contributed by atoms with Gasteiger partial charge in [-0.2, -0.15) is 0 Å². The van der Waals surface area contributed by atoms with Gasteiger partial charge in [-0.1, -0.05) is 12.8 Å². The van der Waals surface area contributed by atoms with Crippen molar-refractivity contribution in [1.82, 2.24) is 5.32 Å². The summed E-state index contributed by atoms with van der Waals surface area (Å²) in [5, 5.41) is 3.89. The van der Waals surface area contributed by atoms with E-state index in [9.17, 15) is 4.79 Å². The van der Waals surface area contributed by atoms with Crippen molar-refractivity contribution in [2.45, 2.75) is 25.7 Å². The van der Waals surface area contributed by atoms with Crippen LogP contribution in [-0.2, 0) is 0 Å². The van der Waals surface area contributed by atoms with Crippen molar-refractivity contribution in [2.24, 2.45) is 5.92 Å². The van der Waals surface area contributed by atoms with Gasteiger partial charge in [-0.3, -0.25) is 4.79 Å². The molecule has 0 bridgehead atoms. The van der Waals surface area contributed by atoms with Gasteiger partial charge in [-0.25, -0.2) is 0 Å². The summed E-state index contributed by atoms with van der Waals surface area (Å²) in [6.45, 7) is 0.729. The number of nitrogens with one attached hydrogen (secondary N) is 1. The number of carbonyl (C=O) groups excluding carboxylic acids is 1. The van der Waals surface area contributed by atoms with E-state index < -0.39 is 0 Å². The van der Waals surface area contributed by atoms with Gasteiger partial charge < -0.3 is 15.8 Å². The lowest BCUT2D eigenvalue weighted by Crippen LogP contribution is -2.24. The maximum atomic E-state index is 12.2. The summed E-state index contributed by atoms with van der Waals surface area (Å²) in [5.41, 5.74) is 6.67. The van der Waals surface area contributed by atoms with Crippen LogP contribution in [0, 0.1) is 5.92 Å². The minimum absolute atomic E-state index is 0.0662. The first-order valence-corrected chi connectivity index (χ1v) is 8.15. The fourth-order valence-corrected chi connectivity index (χ4v) is 3.54. The van der Waals surface area contributed by atoms with Gasteiger partial charge in [0.15, 0.2) is 0 Å². The number of amides is 1. The quantitative estimate of drug-likeness (QED) is 0.804. The Bertz CT molecular complexity index is 662. The molecule has 1 heterocycles. The molecule has 5 heteroatoms. The zero-order chi connectivity index (χ0) is 14.8. The highest BCUT2D eigenvalue weighted by Crippen LogP contribution is 2.36. The number of hydrogen-bond donors (Lipinski definition) is 2. The van der Waals surface area contributed by atoms with Crippen LogP contribution in [0.2, 0.25) is 0 Å². The van der Waals surface area contributed by atoms with Crippen LogP contribution in [0.15, 0.2) is 18.2 Å². The van der Waals surface area contributed by atoms with Gasteiger partial charge >= 0.3 is 0 Å².